The Hall–Kier alpha value is -12.7. The molecule has 1 saturated heterocycles. The molecule has 27 nitrogen and oxygen atoms in total. The first-order valence-corrected chi connectivity index (χ1v) is 29.7. The van der Waals surface area contributed by atoms with Gasteiger partial charge in [-0.3, -0.25) is 19.7 Å². The van der Waals surface area contributed by atoms with Gasteiger partial charge >= 0.3 is 0 Å². The second kappa shape index (κ2) is 27.0. The van der Waals surface area contributed by atoms with Gasteiger partial charge in [0.25, 0.3) is 0 Å². The van der Waals surface area contributed by atoms with Gasteiger partial charge in [-0.25, -0.2) is 9.97 Å². The SMILES string of the molecule is COc1ccc2c(OCc3nnc4ccc(-c5cc[nH]c(=O)c5)nn34)ccnc2c1.COc1ccc2c(OCc3nnc4ccc(-c5ccc(N6CCNCC6)nc5)nn34)ccnc2c1.COc1ccc2c(OCc3nnc4ccc(-c5ccnc(F)c5)nn34)ccnc2c1. The van der Waals surface area contributed by atoms with Crippen molar-refractivity contribution in [2.24, 2.45) is 0 Å². The van der Waals surface area contributed by atoms with Gasteiger partial charge in [-0.1, -0.05) is 0 Å². The lowest BCUT2D eigenvalue weighted by Gasteiger charge is -2.28. The summed E-state index contributed by atoms with van der Waals surface area (Å²) in [5.41, 5.74) is 8.19. The molecule has 0 unspecified atom stereocenters. The minimum Gasteiger partial charge on any atom is -0.497 e. The highest BCUT2D eigenvalue weighted by Gasteiger charge is 2.18. The van der Waals surface area contributed by atoms with Crippen LogP contribution < -0.4 is 44.2 Å². The third-order valence-corrected chi connectivity index (χ3v) is 15.4. The number of pyridine rings is 6. The molecule has 0 amide bonds. The molecule has 0 spiro atoms. The van der Waals surface area contributed by atoms with Crippen LogP contribution in [-0.4, -0.2) is 137 Å². The number of nitrogens with zero attached hydrogens (tertiary/aromatic N) is 18. The average molecular weight is 1270 g/mol. The fraction of sp³-hybridized carbons (Fsp3) is 0.149. The zero-order valence-electron chi connectivity index (χ0n) is 51.1. The normalized spacial score (nSPS) is 12.1. The van der Waals surface area contributed by atoms with Crippen LogP contribution in [0.1, 0.15) is 17.5 Å². The predicted molar refractivity (Wildman–Crippen MR) is 348 cm³/mol. The second-order valence-corrected chi connectivity index (χ2v) is 21.2. The summed E-state index contributed by atoms with van der Waals surface area (Å²) in [7, 11) is 4.86. The van der Waals surface area contributed by atoms with Crippen LogP contribution in [0.3, 0.4) is 0 Å². The number of nitrogens with one attached hydrogen (secondary N) is 2. The van der Waals surface area contributed by atoms with Crippen LogP contribution in [-0.2, 0) is 19.8 Å². The third-order valence-electron chi connectivity index (χ3n) is 15.4. The number of ether oxygens (including phenoxy) is 6. The van der Waals surface area contributed by atoms with E-state index < -0.39 is 5.95 Å². The number of hydrogen-bond donors (Lipinski definition) is 2. The Labute approximate surface area is 537 Å². The zero-order chi connectivity index (χ0) is 64.6. The third kappa shape index (κ3) is 13.1. The highest BCUT2D eigenvalue weighted by atomic mass is 19.1. The van der Waals surface area contributed by atoms with E-state index in [0.29, 0.717) is 74.2 Å². The topological polar surface area (TPSA) is 297 Å². The standard InChI is InChI=1S/C25H24N8O2.C21H15FN6O2.C21H16N6O3/c1-34-18-3-4-19-21(14-18)27-9-8-22(19)35-16-25-30-29-24-7-5-20(31-33(24)25)17-2-6-23(28-15-17)32-12-10-26-11-13-32;1-29-14-2-3-15-17(11-14)23-9-7-18(15)30-12-21-26-25-20-5-4-16(27-28(20)21)13-6-8-24-19(22)10-13;1-29-14-2-3-15-17(11-14)22-9-7-18(15)30-12-20-25-24-19-5-4-16(26-27(19)20)13-6-8-23-21(28)10-13/h2-9,14-15,26H,10-13,16H2,1H3;2-11H,12H2,1H3;2-11H,12H2,1H3,(H,23,28). The van der Waals surface area contributed by atoms with Gasteiger partial charge in [0.1, 0.15) is 60.1 Å². The number of halogens is 1. The zero-order valence-corrected chi connectivity index (χ0v) is 51.1. The molecule has 95 heavy (non-hydrogen) atoms. The number of aromatic nitrogens is 18. The smallest absolute Gasteiger partial charge is 0.248 e. The number of benzene rings is 3. The minimum atomic E-state index is -0.567. The molecule has 472 valence electrons. The number of hydrogen-bond acceptors (Lipinski definition) is 23. The number of piperazine rings is 1. The summed E-state index contributed by atoms with van der Waals surface area (Å²) in [4.78, 5) is 37.9. The van der Waals surface area contributed by atoms with Gasteiger partial charge in [0.05, 0.1) is 55.0 Å². The van der Waals surface area contributed by atoms with Crippen LogP contribution >= 0.6 is 0 Å². The van der Waals surface area contributed by atoms with Crippen LogP contribution in [0, 0.1) is 5.95 Å². The first-order valence-electron chi connectivity index (χ1n) is 29.7. The quantitative estimate of drug-likeness (QED) is 0.0854. The molecule has 0 aliphatic carbocycles. The van der Waals surface area contributed by atoms with Crippen LogP contribution in [0.15, 0.2) is 188 Å². The van der Waals surface area contributed by atoms with E-state index in [4.69, 9.17) is 33.5 Å². The molecule has 16 rings (SSSR count). The molecule has 3 aromatic carbocycles. The first-order chi connectivity index (χ1) is 46.7. The molecule has 0 saturated carbocycles. The van der Waals surface area contributed by atoms with Crippen molar-refractivity contribution in [3.8, 4) is 68.3 Å². The summed E-state index contributed by atoms with van der Waals surface area (Å²) in [6.07, 6.45) is 9.92. The Morgan fingerprint density at radius 3 is 1.31 bits per heavy atom. The van der Waals surface area contributed by atoms with E-state index in [2.05, 4.69) is 87.0 Å². The molecule has 13 heterocycles. The number of fused-ring (bicyclic) bond motifs is 6. The number of aromatic amines is 1. The van der Waals surface area contributed by atoms with Gasteiger partial charge in [0.15, 0.2) is 34.4 Å². The maximum Gasteiger partial charge on any atom is 0.248 e. The molecule has 28 heteroatoms. The van der Waals surface area contributed by atoms with Gasteiger partial charge < -0.3 is 43.6 Å². The molecule has 1 fully saturated rings. The van der Waals surface area contributed by atoms with Crippen molar-refractivity contribution >= 4 is 55.5 Å². The van der Waals surface area contributed by atoms with Crippen molar-refractivity contribution in [2.45, 2.75) is 19.8 Å². The molecule has 0 atom stereocenters. The fourth-order valence-corrected chi connectivity index (χ4v) is 10.5. The van der Waals surface area contributed by atoms with Crippen molar-refractivity contribution in [3.05, 3.63) is 217 Å². The maximum atomic E-state index is 13.5. The molecule has 1 aliphatic rings. The largest absolute Gasteiger partial charge is 0.497 e. The Morgan fingerprint density at radius 1 is 0.442 bits per heavy atom. The number of anilines is 1. The Kier molecular flexibility index (Phi) is 17.0. The molecular formula is C67H55FN20O7. The van der Waals surface area contributed by atoms with Crippen molar-refractivity contribution in [2.75, 3.05) is 52.4 Å². The average Bonchev–Trinajstić information content (AvgIpc) is 1.80. The van der Waals surface area contributed by atoms with Crippen LogP contribution in [0.2, 0.25) is 0 Å². The van der Waals surface area contributed by atoms with Gasteiger partial charge in [-0.05, 0) is 115 Å². The minimum absolute atomic E-state index is 0.146. The lowest BCUT2D eigenvalue weighted by molar-refractivity contribution is 0.296. The molecule has 15 aromatic rings. The van der Waals surface area contributed by atoms with Crippen molar-refractivity contribution in [3.63, 3.8) is 0 Å². The predicted octanol–water partition coefficient (Wildman–Crippen LogP) is 8.81. The van der Waals surface area contributed by atoms with Gasteiger partial charge in [0, 0.05) is 127 Å². The van der Waals surface area contributed by atoms with Crippen molar-refractivity contribution in [1.29, 1.82) is 0 Å². The maximum absolute atomic E-state index is 13.5. The molecular weight excluding hydrogens is 1220 g/mol. The molecule has 2 N–H and O–H groups in total. The molecule has 1 aliphatic heterocycles. The highest BCUT2D eigenvalue weighted by Crippen LogP contribution is 2.32. The van der Waals surface area contributed by atoms with E-state index in [1.807, 2.05) is 85.1 Å². The van der Waals surface area contributed by atoms with Crippen LogP contribution in [0.4, 0.5) is 10.2 Å². The molecule has 0 radical (unpaired) electrons. The number of rotatable bonds is 16. The number of methoxy groups -OCH3 is 3. The monoisotopic (exact) mass is 1270 g/mol. The Balaban J connectivity index is 0.000000123. The van der Waals surface area contributed by atoms with Crippen LogP contribution in [0.5, 0.6) is 34.5 Å². The van der Waals surface area contributed by atoms with Gasteiger partial charge in [0.2, 0.25) is 11.5 Å². The second-order valence-electron chi connectivity index (χ2n) is 21.2. The Bertz CT molecular complexity index is 5320. The summed E-state index contributed by atoms with van der Waals surface area (Å²) in [5.74, 6) is 6.31. The van der Waals surface area contributed by atoms with E-state index >= 15 is 0 Å². The first kappa shape index (κ1) is 59.9. The van der Waals surface area contributed by atoms with Crippen LogP contribution in [0.25, 0.3) is 83.4 Å². The lowest BCUT2D eigenvalue weighted by atomic mass is 10.2. The van der Waals surface area contributed by atoms with Gasteiger partial charge in [-0.15, -0.1) is 30.6 Å². The molecule has 12 aromatic heterocycles. The van der Waals surface area contributed by atoms with E-state index in [1.54, 1.807) is 108 Å². The summed E-state index contributed by atoms with van der Waals surface area (Å²) in [5, 5.41) is 45.0. The van der Waals surface area contributed by atoms with E-state index in [-0.39, 0.29) is 25.4 Å². The molecule has 0 bridgehead atoms. The van der Waals surface area contributed by atoms with Crippen molar-refractivity contribution in [1.82, 2.24) is 94.7 Å². The lowest BCUT2D eigenvalue weighted by Crippen LogP contribution is -2.43. The summed E-state index contributed by atoms with van der Waals surface area (Å²) in [6, 6.07) is 43.7. The highest BCUT2D eigenvalue weighted by molar-refractivity contribution is 5.87. The van der Waals surface area contributed by atoms with E-state index in [1.165, 1.54) is 18.3 Å². The Morgan fingerprint density at radius 2 is 0.884 bits per heavy atom. The fourth-order valence-electron chi connectivity index (χ4n) is 10.5. The van der Waals surface area contributed by atoms with Gasteiger partial charge in [-0.2, -0.15) is 33.2 Å². The summed E-state index contributed by atoms with van der Waals surface area (Å²) in [6.45, 7) is 4.39. The van der Waals surface area contributed by atoms with E-state index in [0.717, 1.165) is 93.2 Å². The summed E-state index contributed by atoms with van der Waals surface area (Å²) >= 11 is 0. The summed E-state index contributed by atoms with van der Waals surface area (Å²) < 4.78 is 52.3. The number of H-pyrrole nitrogens is 1. The van der Waals surface area contributed by atoms with E-state index in [9.17, 15) is 9.18 Å². The van der Waals surface area contributed by atoms with Crippen molar-refractivity contribution < 1.29 is 32.8 Å².